The fourth-order valence-electron chi connectivity index (χ4n) is 2.82. The molecule has 1 heterocycles. The molecule has 2 nitrogen and oxygen atoms in total. The van der Waals surface area contributed by atoms with Crippen molar-refractivity contribution in [1.29, 1.82) is 0 Å². The lowest BCUT2D eigenvalue weighted by Gasteiger charge is -2.42. The number of ether oxygens (including phenoxy) is 1. The van der Waals surface area contributed by atoms with Gasteiger partial charge < -0.3 is 4.74 Å². The van der Waals surface area contributed by atoms with E-state index in [-0.39, 0.29) is 0 Å². The summed E-state index contributed by atoms with van der Waals surface area (Å²) in [6.07, 6.45) is 3.09. The Bertz CT molecular complexity index is 518. The normalized spacial score (nSPS) is 28.8. The van der Waals surface area contributed by atoms with Gasteiger partial charge in [-0.05, 0) is 42.5 Å². The Kier molecular flexibility index (Phi) is 2.70. The second-order valence-corrected chi connectivity index (χ2v) is 5.68. The first-order valence-electron chi connectivity index (χ1n) is 5.87. The summed E-state index contributed by atoms with van der Waals surface area (Å²) >= 11 is 3.35. The number of nitrogens with zero attached hydrogens (tertiary/aromatic N) is 1. The molecular formula is C13H12BrF2NO. The minimum atomic E-state index is -2.96. The van der Waals surface area contributed by atoms with Crippen molar-refractivity contribution in [2.75, 3.05) is 6.61 Å². The SMILES string of the molecule is FC1(F)COC=N[C@@]12CCCc1ccc(Br)cc12. The maximum absolute atomic E-state index is 14.3. The van der Waals surface area contributed by atoms with Crippen molar-refractivity contribution in [2.45, 2.75) is 30.7 Å². The van der Waals surface area contributed by atoms with Gasteiger partial charge in [0.25, 0.3) is 0 Å². The first kappa shape index (κ1) is 12.1. The molecule has 1 aliphatic heterocycles. The molecular weight excluding hydrogens is 304 g/mol. The first-order chi connectivity index (χ1) is 8.55. The van der Waals surface area contributed by atoms with Crippen molar-refractivity contribution in [3.63, 3.8) is 0 Å². The highest BCUT2D eigenvalue weighted by Crippen LogP contribution is 2.50. The topological polar surface area (TPSA) is 21.6 Å². The summed E-state index contributed by atoms with van der Waals surface area (Å²) in [6.45, 7) is -0.595. The predicted molar refractivity (Wildman–Crippen MR) is 68.1 cm³/mol. The molecule has 0 radical (unpaired) electrons. The van der Waals surface area contributed by atoms with Gasteiger partial charge in [0.2, 0.25) is 0 Å². The monoisotopic (exact) mass is 315 g/mol. The van der Waals surface area contributed by atoms with E-state index in [1.165, 1.54) is 6.40 Å². The Morgan fingerprint density at radius 1 is 1.33 bits per heavy atom. The highest BCUT2D eigenvalue weighted by Gasteiger charge is 2.58. The van der Waals surface area contributed by atoms with E-state index in [0.29, 0.717) is 12.0 Å². The number of aryl methyl sites for hydroxylation is 1. The lowest BCUT2D eigenvalue weighted by molar-refractivity contribution is -0.124. The molecule has 0 saturated heterocycles. The molecule has 0 amide bonds. The van der Waals surface area contributed by atoms with Crippen LogP contribution in [-0.2, 0) is 16.7 Å². The van der Waals surface area contributed by atoms with Crippen LogP contribution in [0.5, 0.6) is 0 Å². The van der Waals surface area contributed by atoms with Crippen LogP contribution in [0.1, 0.15) is 24.0 Å². The molecule has 0 bridgehead atoms. The number of fused-ring (bicyclic) bond motifs is 2. The number of benzene rings is 1. The third-order valence-electron chi connectivity index (χ3n) is 3.72. The smallest absolute Gasteiger partial charge is 0.310 e. The van der Waals surface area contributed by atoms with E-state index in [2.05, 4.69) is 20.9 Å². The van der Waals surface area contributed by atoms with E-state index in [4.69, 9.17) is 4.74 Å². The molecule has 0 aromatic heterocycles. The summed E-state index contributed by atoms with van der Waals surface area (Å²) < 4.78 is 34.1. The van der Waals surface area contributed by atoms with Crippen LogP contribution in [0.25, 0.3) is 0 Å². The second kappa shape index (κ2) is 4.02. The zero-order valence-electron chi connectivity index (χ0n) is 9.63. The fourth-order valence-corrected chi connectivity index (χ4v) is 3.18. The molecule has 1 aliphatic carbocycles. The molecule has 2 aliphatic rings. The van der Waals surface area contributed by atoms with Gasteiger partial charge >= 0.3 is 5.92 Å². The zero-order valence-corrected chi connectivity index (χ0v) is 11.2. The average Bonchev–Trinajstić information content (AvgIpc) is 2.34. The summed E-state index contributed by atoms with van der Waals surface area (Å²) in [7, 11) is 0. The van der Waals surface area contributed by atoms with Crippen LogP contribution in [0, 0.1) is 0 Å². The Balaban J connectivity index is 2.23. The highest BCUT2D eigenvalue weighted by atomic mass is 79.9. The number of aliphatic imine (C=N–C) groups is 1. The van der Waals surface area contributed by atoms with Crippen LogP contribution < -0.4 is 0 Å². The Morgan fingerprint density at radius 3 is 2.94 bits per heavy atom. The molecule has 0 fully saturated rings. The minimum absolute atomic E-state index is 0.364. The number of hydrogen-bond acceptors (Lipinski definition) is 2. The third-order valence-corrected chi connectivity index (χ3v) is 4.21. The molecule has 1 atom stereocenters. The minimum Gasteiger partial charge on any atom is -0.477 e. The summed E-state index contributed by atoms with van der Waals surface area (Å²) in [6, 6.07) is 5.56. The van der Waals surface area contributed by atoms with Gasteiger partial charge in [0.1, 0.15) is 0 Å². The van der Waals surface area contributed by atoms with Gasteiger partial charge in [0.05, 0.1) is 0 Å². The largest absolute Gasteiger partial charge is 0.477 e. The molecule has 5 heteroatoms. The van der Waals surface area contributed by atoms with Crippen LogP contribution in [0.15, 0.2) is 27.7 Å². The molecule has 3 rings (SSSR count). The van der Waals surface area contributed by atoms with Crippen LogP contribution in [-0.4, -0.2) is 18.9 Å². The standard InChI is InChI=1S/C13H12BrF2NO/c14-10-4-3-9-2-1-5-12(11(9)6-10)13(15,16)7-18-8-17-12/h3-4,6,8H,1-2,5,7H2/t12-/m1/s1. The van der Waals surface area contributed by atoms with E-state index in [1.54, 1.807) is 6.07 Å². The van der Waals surface area contributed by atoms with Crippen molar-refractivity contribution in [2.24, 2.45) is 4.99 Å². The van der Waals surface area contributed by atoms with Crippen LogP contribution in [0.4, 0.5) is 8.78 Å². The van der Waals surface area contributed by atoms with Crippen LogP contribution in [0.2, 0.25) is 0 Å². The number of halogens is 3. The molecule has 0 unspecified atom stereocenters. The van der Waals surface area contributed by atoms with Gasteiger partial charge in [0, 0.05) is 4.47 Å². The second-order valence-electron chi connectivity index (χ2n) is 4.77. The summed E-state index contributed by atoms with van der Waals surface area (Å²) in [5.41, 5.74) is 0.152. The van der Waals surface area contributed by atoms with Gasteiger partial charge in [-0.2, -0.15) is 8.78 Å². The first-order valence-corrected chi connectivity index (χ1v) is 6.66. The van der Waals surface area contributed by atoms with Gasteiger partial charge in [-0.25, -0.2) is 4.99 Å². The number of alkyl halides is 2. The van der Waals surface area contributed by atoms with E-state index in [9.17, 15) is 8.78 Å². The Labute approximate surface area is 112 Å². The number of hydrogen-bond donors (Lipinski definition) is 0. The van der Waals surface area contributed by atoms with Crippen molar-refractivity contribution >= 4 is 22.3 Å². The van der Waals surface area contributed by atoms with E-state index >= 15 is 0 Å². The fraction of sp³-hybridized carbons (Fsp3) is 0.462. The zero-order chi connectivity index (χ0) is 12.8. The molecule has 1 aromatic carbocycles. The van der Waals surface area contributed by atoms with Crippen LogP contribution in [0.3, 0.4) is 0 Å². The van der Waals surface area contributed by atoms with E-state index in [1.807, 2.05) is 12.1 Å². The predicted octanol–water partition coefficient (Wildman–Crippen LogP) is 3.67. The highest BCUT2D eigenvalue weighted by molar-refractivity contribution is 9.10. The van der Waals surface area contributed by atoms with Gasteiger partial charge in [0.15, 0.2) is 18.5 Å². The van der Waals surface area contributed by atoms with Crippen molar-refractivity contribution < 1.29 is 13.5 Å². The summed E-state index contributed by atoms with van der Waals surface area (Å²) in [5, 5.41) is 0. The molecule has 1 aromatic rings. The van der Waals surface area contributed by atoms with Gasteiger partial charge in [-0.15, -0.1) is 0 Å². The molecule has 18 heavy (non-hydrogen) atoms. The van der Waals surface area contributed by atoms with Gasteiger partial charge in [-0.1, -0.05) is 22.0 Å². The Hall–Kier alpha value is -0.970. The van der Waals surface area contributed by atoms with E-state index < -0.39 is 18.1 Å². The van der Waals surface area contributed by atoms with Crippen molar-refractivity contribution in [1.82, 2.24) is 0 Å². The molecule has 0 N–H and O–H groups in total. The molecule has 1 spiro atoms. The van der Waals surface area contributed by atoms with Gasteiger partial charge in [-0.3, -0.25) is 0 Å². The lowest BCUT2D eigenvalue weighted by Crippen LogP contribution is -2.51. The number of rotatable bonds is 0. The lowest BCUT2D eigenvalue weighted by atomic mass is 9.73. The van der Waals surface area contributed by atoms with Crippen LogP contribution >= 0.6 is 15.9 Å². The van der Waals surface area contributed by atoms with Crippen molar-refractivity contribution in [3.05, 3.63) is 33.8 Å². The maximum Gasteiger partial charge on any atom is 0.310 e. The van der Waals surface area contributed by atoms with E-state index in [0.717, 1.165) is 22.9 Å². The molecule has 96 valence electrons. The third kappa shape index (κ3) is 1.60. The van der Waals surface area contributed by atoms with Crippen molar-refractivity contribution in [3.8, 4) is 0 Å². The summed E-state index contributed by atoms with van der Waals surface area (Å²) in [5.74, 6) is -2.96. The quantitative estimate of drug-likeness (QED) is 0.715. The average molecular weight is 316 g/mol. The summed E-state index contributed by atoms with van der Waals surface area (Å²) in [4.78, 5) is 4.04. The molecule has 0 saturated carbocycles. The maximum atomic E-state index is 14.3. The Morgan fingerprint density at radius 2 is 2.17 bits per heavy atom.